The maximum atomic E-state index is 9.02. The minimum Gasteiger partial charge on any atom is -0.389 e. The number of rotatable bonds is 1. The minimum atomic E-state index is 0.221. The lowest BCUT2D eigenvalue weighted by atomic mass is 9.95. The van der Waals surface area contributed by atoms with Crippen LogP contribution in [0, 0.1) is 17.2 Å². The molecule has 1 aromatic heterocycles. The van der Waals surface area contributed by atoms with Crippen LogP contribution >= 0.6 is 11.3 Å². The third-order valence-electron chi connectivity index (χ3n) is 2.81. The molecule has 1 atom stereocenters. The van der Waals surface area contributed by atoms with Crippen molar-refractivity contribution >= 4 is 16.3 Å². The van der Waals surface area contributed by atoms with Gasteiger partial charge in [0.1, 0.15) is 11.1 Å². The Hall–Kier alpha value is -1.05. The van der Waals surface area contributed by atoms with Gasteiger partial charge in [0.15, 0.2) is 0 Å². The van der Waals surface area contributed by atoms with Crippen LogP contribution in [0.4, 0.5) is 5.00 Å². The Balaban J connectivity index is 2.36. The second-order valence-corrected chi connectivity index (χ2v) is 5.29. The van der Waals surface area contributed by atoms with E-state index in [1.165, 1.54) is 11.3 Å². The third-order valence-corrected chi connectivity index (χ3v) is 3.84. The third kappa shape index (κ3) is 1.73. The zero-order chi connectivity index (χ0) is 11.0. The molecule has 0 aromatic carbocycles. The lowest BCUT2D eigenvalue weighted by Crippen LogP contribution is -2.26. The van der Waals surface area contributed by atoms with Gasteiger partial charge in [-0.15, -0.1) is 11.3 Å². The van der Waals surface area contributed by atoms with Crippen LogP contribution in [0.1, 0.15) is 29.9 Å². The molecule has 2 rings (SSSR count). The first-order valence-electron chi connectivity index (χ1n) is 5.05. The number of nitrogens with two attached hydrogens (primary N) is 1. The fourth-order valence-corrected chi connectivity index (χ4v) is 2.83. The average molecular weight is 222 g/mol. The van der Waals surface area contributed by atoms with Crippen molar-refractivity contribution in [1.29, 1.82) is 5.26 Å². The van der Waals surface area contributed by atoms with Crippen molar-refractivity contribution in [2.45, 2.75) is 33.0 Å². The van der Waals surface area contributed by atoms with Crippen molar-refractivity contribution in [3.05, 3.63) is 16.0 Å². The zero-order valence-electron chi connectivity index (χ0n) is 8.91. The molecule has 1 aliphatic rings. The SMILES string of the molecule is CC(C)C1Cc2c(sc(N)c2C#N)CO1. The van der Waals surface area contributed by atoms with Gasteiger partial charge in [-0.25, -0.2) is 0 Å². The molecule has 4 heteroatoms. The van der Waals surface area contributed by atoms with Crippen molar-refractivity contribution in [3.8, 4) is 6.07 Å². The maximum absolute atomic E-state index is 9.02. The summed E-state index contributed by atoms with van der Waals surface area (Å²) >= 11 is 1.49. The van der Waals surface area contributed by atoms with Crippen molar-refractivity contribution in [1.82, 2.24) is 0 Å². The molecular formula is C11H14N2OS. The lowest BCUT2D eigenvalue weighted by molar-refractivity contribution is 0.00161. The highest BCUT2D eigenvalue weighted by molar-refractivity contribution is 7.16. The van der Waals surface area contributed by atoms with Crippen LogP contribution in [-0.2, 0) is 17.8 Å². The molecule has 2 N–H and O–H groups in total. The summed E-state index contributed by atoms with van der Waals surface area (Å²) in [6, 6.07) is 2.19. The van der Waals surface area contributed by atoms with Crippen LogP contribution < -0.4 is 5.73 Å². The van der Waals surface area contributed by atoms with Crippen molar-refractivity contribution in [3.63, 3.8) is 0 Å². The van der Waals surface area contributed by atoms with Gasteiger partial charge in [-0.3, -0.25) is 0 Å². The van der Waals surface area contributed by atoms with E-state index in [-0.39, 0.29) is 6.10 Å². The molecular weight excluding hydrogens is 208 g/mol. The molecule has 1 aliphatic heterocycles. The molecule has 0 saturated heterocycles. The summed E-state index contributed by atoms with van der Waals surface area (Å²) in [5.74, 6) is 0.478. The summed E-state index contributed by atoms with van der Waals surface area (Å²) in [5, 5.41) is 9.66. The summed E-state index contributed by atoms with van der Waals surface area (Å²) in [6.45, 7) is 4.88. The second kappa shape index (κ2) is 3.84. The highest BCUT2D eigenvalue weighted by Crippen LogP contribution is 2.36. The van der Waals surface area contributed by atoms with E-state index in [1.807, 2.05) is 0 Å². The predicted octanol–water partition coefficient (Wildman–Crippen LogP) is 2.30. The van der Waals surface area contributed by atoms with Gasteiger partial charge < -0.3 is 10.5 Å². The first kappa shape index (κ1) is 10.5. The number of hydrogen-bond acceptors (Lipinski definition) is 4. The van der Waals surface area contributed by atoms with E-state index in [2.05, 4.69) is 19.9 Å². The van der Waals surface area contributed by atoms with E-state index in [0.717, 1.165) is 16.9 Å². The molecule has 0 amide bonds. The monoisotopic (exact) mass is 222 g/mol. The van der Waals surface area contributed by atoms with E-state index in [4.69, 9.17) is 15.7 Å². The number of nitrogens with zero attached hydrogens (tertiary/aromatic N) is 1. The smallest absolute Gasteiger partial charge is 0.104 e. The van der Waals surface area contributed by atoms with E-state index in [1.54, 1.807) is 0 Å². The molecule has 0 bridgehead atoms. The van der Waals surface area contributed by atoms with E-state index in [9.17, 15) is 0 Å². The number of thiophene rings is 1. The highest BCUT2D eigenvalue weighted by Gasteiger charge is 2.27. The molecule has 0 fully saturated rings. The topological polar surface area (TPSA) is 59.0 Å². The minimum absolute atomic E-state index is 0.221. The normalized spacial score (nSPS) is 20.0. The van der Waals surface area contributed by atoms with Gasteiger partial charge in [0.25, 0.3) is 0 Å². The van der Waals surface area contributed by atoms with Crippen LogP contribution in [0.5, 0.6) is 0 Å². The first-order valence-corrected chi connectivity index (χ1v) is 5.86. The number of nitrogen functional groups attached to an aromatic ring is 1. The molecule has 0 spiro atoms. The van der Waals surface area contributed by atoms with Crippen LogP contribution in [0.25, 0.3) is 0 Å². The number of fused-ring (bicyclic) bond motifs is 1. The Kier molecular flexibility index (Phi) is 2.68. The number of hydrogen-bond donors (Lipinski definition) is 1. The standard InChI is InChI=1S/C11H14N2OS/c1-6(2)9-3-7-8(4-12)11(13)15-10(7)5-14-9/h6,9H,3,5,13H2,1-2H3. The molecule has 0 radical (unpaired) electrons. The van der Waals surface area contributed by atoms with Crippen LogP contribution in [-0.4, -0.2) is 6.10 Å². The fourth-order valence-electron chi connectivity index (χ4n) is 1.86. The van der Waals surface area contributed by atoms with Gasteiger partial charge in [0.05, 0.1) is 18.3 Å². The molecule has 15 heavy (non-hydrogen) atoms. The Labute approximate surface area is 93.5 Å². The van der Waals surface area contributed by atoms with E-state index >= 15 is 0 Å². The second-order valence-electron chi connectivity index (χ2n) is 4.15. The average Bonchev–Trinajstić information content (AvgIpc) is 2.51. The van der Waals surface area contributed by atoms with E-state index in [0.29, 0.717) is 23.1 Å². The highest BCUT2D eigenvalue weighted by atomic mass is 32.1. The number of anilines is 1. The molecule has 80 valence electrons. The molecule has 1 aromatic rings. The van der Waals surface area contributed by atoms with Gasteiger partial charge in [-0.05, 0) is 11.5 Å². The van der Waals surface area contributed by atoms with Gasteiger partial charge in [0, 0.05) is 11.3 Å². The van der Waals surface area contributed by atoms with Gasteiger partial charge in [-0.2, -0.15) is 5.26 Å². The fraction of sp³-hybridized carbons (Fsp3) is 0.545. The lowest BCUT2D eigenvalue weighted by Gasteiger charge is -2.26. The Morgan fingerprint density at radius 1 is 1.60 bits per heavy atom. The molecule has 2 heterocycles. The number of ether oxygens (including phenoxy) is 1. The number of nitriles is 1. The van der Waals surface area contributed by atoms with Gasteiger partial charge >= 0.3 is 0 Å². The molecule has 0 saturated carbocycles. The quantitative estimate of drug-likeness (QED) is 0.793. The largest absolute Gasteiger partial charge is 0.389 e. The molecule has 1 unspecified atom stereocenters. The van der Waals surface area contributed by atoms with Crippen LogP contribution in [0.2, 0.25) is 0 Å². The summed E-state index contributed by atoms with van der Waals surface area (Å²) in [7, 11) is 0. The van der Waals surface area contributed by atoms with Crippen molar-refractivity contribution in [2.75, 3.05) is 5.73 Å². The zero-order valence-corrected chi connectivity index (χ0v) is 9.73. The van der Waals surface area contributed by atoms with Crippen LogP contribution in [0.15, 0.2) is 0 Å². The predicted molar refractivity (Wildman–Crippen MR) is 60.6 cm³/mol. The maximum Gasteiger partial charge on any atom is 0.104 e. The summed E-state index contributed by atoms with van der Waals surface area (Å²) in [6.07, 6.45) is 1.04. The molecule has 3 nitrogen and oxygen atoms in total. The Morgan fingerprint density at radius 3 is 2.93 bits per heavy atom. The van der Waals surface area contributed by atoms with Gasteiger partial charge in [0.2, 0.25) is 0 Å². The van der Waals surface area contributed by atoms with E-state index < -0.39 is 0 Å². The van der Waals surface area contributed by atoms with Crippen molar-refractivity contribution in [2.24, 2.45) is 5.92 Å². The molecule has 0 aliphatic carbocycles. The van der Waals surface area contributed by atoms with Crippen LogP contribution in [0.3, 0.4) is 0 Å². The first-order chi connectivity index (χ1) is 7.13. The summed E-state index contributed by atoms with van der Waals surface area (Å²) in [4.78, 5) is 1.13. The Bertz CT molecular complexity index is 417. The summed E-state index contributed by atoms with van der Waals surface area (Å²) in [5.41, 5.74) is 7.58. The van der Waals surface area contributed by atoms with Crippen molar-refractivity contribution < 1.29 is 4.74 Å². The summed E-state index contributed by atoms with van der Waals surface area (Å²) < 4.78 is 5.72. The van der Waals surface area contributed by atoms with Gasteiger partial charge in [-0.1, -0.05) is 13.8 Å². The Morgan fingerprint density at radius 2 is 2.33 bits per heavy atom.